The lowest BCUT2D eigenvalue weighted by Crippen LogP contribution is -2.29. The first kappa shape index (κ1) is 29.2. The number of benzene rings is 2. The first-order chi connectivity index (χ1) is 19.2. The average molecular weight is 566 g/mol. The van der Waals surface area contributed by atoms with Crippen molar-refractivity contribution in [2.45, 2.75) is 71.9 Å². The summed E-state index contributed by atoms with van der Waals surface area (Å²) in [5, 5.41) is 12.2. The number of sulfonamides is 1. The fourth-order valence-corrected chi connectivity index (χ4v) is 5.65. The van der Waals surface area contributed by atoms with E-state index in [1.165, 1.54) is 0 Å². The molecule has 0 aliphatic rings. The lowest BCUT2D eigenvalue weighted by molar-refractivity contribution is 0.134. The summed E-state index contributed by atoms with van der Waals surface area (Å²) in [6.45, 7) is 10.2. The molecule has 1 N–H and O–H groups in total. The van der Waals surface area contributed by atoms with Crippen molar-refractivity contribution in [1.82, 2.24) is 19.9 Å². The van der Waals surface area contributed by atoms with Gasteiger partial charge in [-0.1, -0.05) is 54.9 Å². The van der Waals surface area contributed by atoms with Crippen LogP contribution in [0.15, 0.2) is 56.7 Å². The molecular weight excluding hydrogens is 530 g/mol. The maximum absolute atomic E-state index is 13.5. The first-order valence-corrected chi connectivity index (χ1v) is 14.8. The second kappa shape index (κ2) is 12.6. The van der Waals surface area contributed by atoms with Crippen LogP contribution in [0.5, 0.6) is 0 Å². The summed E-state index contributed by atoms with van der Waals surface area (Å²) in [5.74, 6) is 1.34. The SMILES string of the molecule is CCCCc1nnc(C)c(=O)n1Cc1ccc(-c2ccccc2S(=O)(=O)Nc2noc(C)c2C)c(COCC)c1. The van der Waals surface area contributed by atoms with E-state index in [0.29, 0.717) is 53.5 Å². The number of rotatable bonds is 12. The molecule has 2 aromatic heterocycles. The Bertz CT molecular complexity index is 1660. The van der Waals surface area contributed by atoms with Crippen LogP contribution < -0.4 is 10.3 Å². The zero-order valence-corrected chi connectivity index (χ0v) is 24.3. The van der Waals surface area contributed by atoms with Gasteiger partial charge in [0, 0.05) is 24.2 Å². The quantitative estimate of drug-likeness (QED) is 0.256. The van der Waals surface area contributed by atoms with Crippen molar-refractivity contribution in [2.24, 2.45) is 0 Å². The molecule has 0 saturated heterocycles. The third kappa shape index (κ3) is 6.31. The fourth-order valence-electron chi connectivity index (χ4n) is 4.37. The molecule has 0 aliphatic carbocycles. The van der Waals surface area contributed by atoms with Crippen LogP contribution in [-0.2, 0) is 34.3 Å². The summed E-state index contributed by atoms with van der Waals surface area (Å²) in [5.41, 5.74) is 3.71. The molecule has 0 aliphatic heterocycles. The lowest BCUT2D eigenvalue weighted by atomic mass is 9.97. The minimum Gasteiger partial charge on any atom is -0.377 e. The van der Waals surface area contributed by atoms with Crippen molar-refractivity contribution in [3.05, 3.63) is 86.8 Å². The van der Waals surface area contributed by atoms with Crippen molar-refractivity contribution in [2.75, 3.05) is 11.3 Å². The van der Waals surface area contributed by atoms with E-state index in [1.54, 1.807) is 49.6 Å². The molecule has 4 aromatic rings. The molecule has 0 spiro atoms. The minimum atomic E-state index is -4.00. The Morgan fingerprint density at radius 3 is 2.50 bits per heavy atom. The zero-order chi connectivity index (χ0) is 28.9. The number of aromatic nitrogens is 4. The molecule has 10 nitrogen and oxygen atoms in total. The summed E-state index contributed by atoms with van der Waals surface area (Å²) >= 11 is 0. The van der Waals surface area contributed by atoms with Gasteiger partial charge in [-0.05, 0) is 56.9 Å². The highest BCUT2D eigenvalue weighted by molar-refractivity contribution is 7.92. The van der Waals surface area contributed by atoms with E-state index in [-0.39, 0.29) is 22.9 Å². The molecule has 0 amide bonds. The second-order valence-corrected chi connectivity index (χ2v) is 11.3. The van der Waals surface area contributed by atoms with Crippen molar-refractivity contribution in [1.29, 1.82) is 0 Å². The molecule has 0 unspecified atom stereocenters. The van der Waals surface area contributed by atoms with Gasteiger partial charge in [-0.3, -0.25) is 14.1 Å². The standard InChI is InChI=1S/C29H35N5O5S/c1-6-8-13-27-31-30-20(4)29(35)34(27)17-22-14-15-24(23(16-22)18-38-7-2)25-11-9-10-12-26(25)40(36,37)33-28-19(3)21(5)39-32-28/h9-12,14-16H,6-8,13,17-18H2,1-5H3,(H,32,33). The normalized spacial score (nSPS) is 11.6. The van der Waals surface area contributed by atoms with E-state index in [9.17, 15) is 13.2 Å². The Morgan fingerprint density at radius 1 is 1.02 bits per heavy atom. The molecule has 11 heteroatoms. The summed E-state index contributed by atoms with van der Waals surface area (Å²) < 4.78 is 42.2. The third-order valence-electron chi connectivity index (χ3n) is 6.76. The van der Waals surface area contributed by atoms with Gasteiger partial charge in [0.05, 0.1) is 18.0 Å². The number of unbranched alkanes of at least 4 members (excludes halogenated alkanes) is 1. The Balaban J connectivity index is 1.76. The maximum atomic E-state index is 13.5. The van der Waals surface area contributed by atoms with E-state index >= 15 is 0 Å². The molecule has 0 saturated carbocycles. The fraction of sp³-hybridized carbons (Fsp3) is 0.379. The molecule has 2 aromatic carbocycles. The summed E-state index contributed by atoms with van der Waals surface area (Å²) in [6.07, 6.45) is 2.54. The number of nitrogens with one attached hydrogen (secondary N) is 1. The molecule has 0 fully saturated rings. The van der Waals surface area contributed by atoms with Gasteiger partial charge < -0.3 is 9.26 Å². The van der Waals surface area contributed by atoms with E-state index < -0.39 is 10.0 Å². The van der Waals surface area contributed by atoms with Crippen LogP contribution in [0.3, 0.4) is 0 Å². The van der Waals surface area contributed by atoms with Gasteiger partial charge in [0.1, 0.15) is 17.3 Å². The predicted molar refractivity (Wildman–Crippen MR) is 153 cm³/mol. The Labute approximate surface area is 234 Å². The smallest absolute Gasteiger partial charge is 0.275 e. The van der Waals surface area contributed by atoms with Gasteiger partial charge in [0.15, 0.2) is 5.82 Å². The van der Waals surface area contributed by atoms with E-state index in [4.69, 9.17) is 9.26 Å². The minimum absolute atomic E-state index is 0.104. The van der Waals surface area contributed by atoms with Gasteiger partial charge in [0.25, 0.3) is 15.6 Å². The Morgan fingerprint density at radius 2 is 1.80 bits per heavy atom. The molecule has 2 heterocycles. The van der Waals surface area contributed by atoms with Crippen LogP contribution in [-0.4, -0.2) is 34.9 Å². The van der Waals surface area contributed by atoms with E-state index in [0.717, 1.165) is 24.0 Å². The van der Waals surface area contributed by atoms with Gasteiger partial charge in [-0.15, -0.1) is 10.2 Å². The summed E-state index contributed by atoms with van der Waals surface area (Å²) in [4.78, 5) is 13.1. The Kier molecular flexibility index (Phi) is 9.16. The van der Waals surface area contributed by atoms with E-state index in [2.05, 4.69) is 27.0 Å². The largest absolute Gasteiger partial charge is 0.377 e. The van der Waals surface area contributed by atoms with Crippen molar-refractivity contribution in [3.8, 4) is 11.1 Å². The highest BCUT2D eigenvalue weighted by Gasteiger charge is 2.24. The molecule has 0 radical (unpaired) electrons. The highest BCUT2D eigenvalue weighted by atomic mass is 32.2. The third-order valence-corrected chi connectivity index (χ3v) is 8.16. The van der Waals surface area contributed by atoms with Crippen molar-refractivity contribution >= 4 is 15.8 Å². The molecule has 0 atom stereocenters. The highest BCUT2D eigenvalue weighted by Crippen LogP contribution is 2.33. The summed E-state index contributed by atoms with van der Waals surface area (Å²) in [6, 6.07) is 12.5. The van der Waals surface area contributed by atoms with Gasteiger partial charge >= 0.3 is 0 Å². The maximum Gasteiger partial charge on any atom is 0.275 e. The van der Waals surface area contributed by atoms with Crippen LogP contribution in [0.1, 0.15) is 60.7 Å². The molecule has 0 bridgehead atoms. The van der Waals surface area contributed by atoms with Gasteiger partial charge in [-0.2, -0.15) is 0 Å². The second-order valence-electron chi connectivity index (χ2n) is 9.64. The molecule has 212 valence electrons. The van der Waals surface area contributed by atoms with Crippen molar-refractivity contribution < 1.29 is 17.7 Å². The number of nitrogens with zero attached hydrogens (tertiary/aromatic N) is 4. The molecular formula is C29H35N5O5S. The lowest BCUT2D eigenvalue weighted by Gasteiger charge is -2.17. The molecule has 40 heavy (non-hydrogen) atoms. The first-order valence-electron chi connectivity index (χ1n) is 13.3. The van der Waals surface area contributed by atoms with Crippen LogP contribution in [0.25, 0.3) is 11.1 Å². The van der Waals surface area contributed by atoms with Gasteiger partial charge in [-0.25, -0.2) is 8.42 Å². The van der Waals surface area contributed by atoms with Crippen LogP contribution in [0.4, 0.5) is 5.82 Å². The number of hydrogen-bond donors (Lipinski definition) is 1. The molecule has 4 rings (SSSR count). The monoisotopic (exact) mass is 565 g/mol. The van der Waals surface area contributed by atoms with Crippen LogP contribution in [0.2, 0.25) is 0 Å². The average Bonchev–Trinajstić information content (AvgIpc) is 3.25. The number of ether oxygens (including phenoxy) is 1. The number of hydrogen-bond acceptors (Lipinski definition) is 8. The summed E-state index contributed by atoms with van der Waals surface area (Å²) in [7, 11) is -4.00. The Hall–Kier alpha value is -3.83. The van der Waals surface area contributed by atoms with Crippen LogP contribution >= 0.6 is 0 Å². The van der Waals surface area contributed by atoms with Crippen molar-refractivity contribution in [3.63, 3.8) is 0 Å². The van der Waals surface area contributed by atoms with Gasteiger partial charge in [0.2, 0.25) is 0 Å². The van der Waals surface area contributed by atoms with Crippen LogP contribution in [0, 0.1) is 20.8 Å². The number of aryl methyl sites for hydroxylation is 3. The zero-order valence-electron chi connectivity index (χ0n) is 23.5. The topological polar surface area (TPSA) is 129 Å². The number of anilines is 1. The predicted octanol–water partition coefficient (Wildman–Crippen LogP) is 4.95. The van der Waals surface area contributed by atoms with E-state index in [1.807, 2.05) is 25.1 Å².